The summed E-state index contributed by atoms with van der Waals surface area (Å²) in [5, 5.41) is 23.1. The summed E-state index contributed by atoms with van der Waals surface area (Å²) in [7, 11) is 2.07. The number of rotatable bonds is 3. The van der Waals surface area contributed by atoms with Crippen LogP contribution in [-0.4, -0.2) is 51.4 Å². The molecule has 2 N–H and O–H groups in total. The van der Waals surface area contributed by atoms with Crippen LogP contribution in [0.4, 0.5) is 19.0 Å². The Hall–Kier alpha value is -2.94. The molecule has 4 rings (SSSR count). The minimum absolute atomic E-state index is 0.197. The first-order valence-corrected chi connectivity index (χ1v) is 9.71. The predicted molar refractivity (Wildman–Crippen MR) is 108 cm³/mol. The zero-order valence-electron chi connectivity index (χ0n) is 16.7. The van der Waals surface area contributed by atoms with Crippen LogP contribution < -0.4 is 5.32 Å². The quantitative estimate of drug-likeness (QED) is 0.664. The molecule has 6 nitrogen and oxygen atoms in total. The SMILES string of the molecule is Cc1cc(C(F)(F)F)cc(O)c1-c1nnc(NC2CCCN(C)C2)c2cccnc12. The van der Waals surface area contributed by atoms with Gasteiger partial charge in [-0.2, -0.15) is 13.2 Å². The number of hydrogen-bond acceptors (Lipinski definition) is 6. The number of halogens is 3. The second kappa shape index (κ2) is 7.71. The van der Waals surface area contributed by atoms with Gasteiger partial charge in [0.2, 0.25) is 0 Å². The van der Waals surface area contributed by atoms with Crippen LogP contribution in [0.5, 0.6) is 5.75 Å². The lowest BCUT2D eigenvalue weighted by atomic mass is 9.99. The predicted octanol–water partition coefficient (Wildman–Crippen LogP) is 4.23. The van der Waals surface area contributed by atoms with Gasteiger partial charge in [-0.1, -0.05) is 0 Å². The molecular formula is C21H22F3N5O. The average molecular weight is 417 g/mol. The standard InChI is InChI=1S/C21H22F3N5O/c1-12-9-13(21(22,23)24)10-16(30)17(12)19-18-15(6-3-7-25-18)20(28-27-19)26-14-5-4-8-29(2)11-14/h3,6-7,9-10,14,30H,4-5,8,11H2,1-2H3,(H,26,28). The van der Waals surface area contributed by atoms with E-state index in [0.29, 0.717) is 22.8 Å². The minimum atomic E-state index is -4.55. The van der Waals surface area contributed by atoms with E-state index in [0.717, 1.165) is 32.0 Å². The summed E-state index contributed by atoms with van der Waals surface area (Å²) < 4.78 is 39.2. The lowest BCUT2D eigenvalue weighted by Gasteiger charge is -2.30. The number of alkyl halides is 3. The molecule has 1 aliphatic heterocycles. The summed E-state index contributed by atoms with van der Waals surface area (Å²) in [6.45, 7) is 3.44. The van der Waals surface area contributed by atoms with E-state index in [1.807, 2.05) is 6.07 Å². The van der Waals surface area contributed by atoms with Crippen molar-refractivity contribution in [2.24, 2.45) is 0 Å². The van der Waals surface area contributed by atoms with Gasteiger partial charge in [0.1, 0.15) is 17.0 Å². The van der Waals surface area contributed by atoms with Crippen molar-refractivity contribution in [3.8, 4) is 17.0 Å². The highest BCUT2D eigenvalue weighted by Crippen LogP contribution is 2.40. The number of piperidine rings is 1. The topological polar surface area (TPSA) is 74.2 Å². The zero-order chi connectivity index (χ0) is 21.5. The number of benzene rings is 1. The third-order valence-electron chi connectivity index (χ3n) is 5.38. The number of fused-ring (bicyclic) bond motifs is 1. The minimum Gasteiger partial charge on any atom is -0.507 e. The van der Waals surface area contributed by atoms with E-state index in [4.69, 9.17) is 0 Å². The summed E-state index contributed by atoms with van der Waals surface area (Å²) in [5.41, 5.74) is 0.255. The first kappa shape index (κ1) is 20.3. The van der Waals surface area contributed by atoms with Crippen LogP contribution in [0.2, 0.25) is 0 Å². The Labute approximate surface area is 171 Å². The van der Waals surface area contributed by atoms with Crippen molar-refractivity contribution in [2.75, 3.05) is 25.5 Å². The van der Waals surface area contributed by atoms with Gasteiger partial charge in [0.15, 0.2) is 5.82 Å². The van der Waals surface area contributed by atoms with Crippen molar-refractivity contribution in [2.45, 2.75) is 32.0 Å². The van der Waals surface area contributed by atoms with Gasteiger partial charge in [-0.3, -0.25) is 4.98 Å². The molecule has 1 fully saturated rings. The Morgan fingerprint density at radius 1 is 1.23 bits per heavy atom. The molecule has 3 heterocycles. The van der Waals surface area contributed by atoms with Gasteiger partial charge in [-0.05, 0) is 63.2 Å². The molecule has 1 unspecified atom stereocenters. The van der Waals surface area contributed by atoms with Gasteiger partial charge in [0.25, 0.3) is 0 Å². The van der Waals surface area contributed by atoms with E-state index in [1.165, 1.54) is 6.92 Å². The van der Waals surface area contributed by atoms with E-state index < -0.39 is 17.5 Å². The molecule has 0 amide bonds. The Kier molecular flexibility index (Phi) is 5.23. The Bertz CT molecular complexity index is 1060. The number of nitrogens with zero attached hydrogens (tertiary/aromatic N) is 4. The number of likely N-dealkylation sites (tertiary alicyclic amines) is 1. The fourth-order valence-corrected chi connectivity index (χ4v) is 3.98. The smallest absolute Gasteiger partial charge is 0.416 e. The molecule has 9 heteroatoms. The second-order valence-electron chi connectivity index (χ2n) is 7.73. The molecule has 0 bridgehead atoms. The zero-order valence-corrected chi connectivity index (χ0v) is 16.7. The summed E-state index contributed by atoms with van der Waals surface area (Å²) in [6.07, 6.45) is -0.876. The highest BCUT2D eigenvalue weighted by atomic mass is 19.4. The number of pyridine rings is 1. The number of hydrogen-bond donors (Lipinski definition) is 2. The molecule has 0 aliphatic carbocycles. The number of likely N-dealkylation sites (N-methyl/N-ethyl adjacent to an activating group) is 1. The summed E-state index contributed by atoms with van der Waals surface area (Å²) in [4.78, 5) is 6.64. The van der Waals surface area contributed by atoms with Crippen molar-refractivity contribution < 1.29 is 18.3 Å². The lowest BCUT2D eigenvalue weighted by molar-refractivity contribution is -0.137. The molecule has 0 spiro atoms. The fraction of sp³-hybridized carbons (Fsp3) is 0.381. The van der Waals surface area contributed by atoms with E-state index in [9.17, 15) is 18.3 Å². The highest BCUT2D eigenvalue weighted by molar-refractivity contribution is 5.98. The number of nitrogens with one attached hydrogen (secondary N) is 1. The lowest BCUT2D eigenvalue weighted by Crippen LogP contribution is -2.40. The number of phenols is 1. The maximum atomic E-state index is 13.1. The summed E-state index contributed by atoms with van der Waals surface area (Å²) in [6, 6.07) is 5.53. The average Bonchev–Trinajstić information content (AvgIpc) is 2.68. The van der Waals surface area contributed by atoms with E-state index in [1.54, 1.807) is 12.3 Å². The van der Waals surface area contributed by atoms with Crippen molar-refractivity contribution in [3.63, 3.8) is 0 Å². The molecule has 0 radical (unpaired) electrons. The number of anilines is 1. The molecule has 0 saturated carbocycles. The molecule has 1 aliphatic rings. The van der Waals surface area contributed by atoms with Gasteiger partial charge >= 0.3 is 6.18 Å². The largest absolute Gasteiger partial charge is 0.507 e. The molecular weight excluding hydrogens is 395 g/mol. The van der Waals surface area contributed by atoms with Gasteiger partial charge in [-0.15, -0.1) is 10.2 Å². The second-order valence-corrected chi connectivity index (χ2v) is 7.73. The number of aromatic nitrogens is 3. The molecule has 1 aromatic carbocycles. The number of aryl methyl sites for hydroxylation is 1. The highest BCUT2D eigenvalue weighted by Gasteiger charge is 2.32. The molecule has 30 heavy (non-hydrogen) atoms. The van der Waals surface area contributed by atoms with Crippen LogP contribution >= 0.6 is 0 Å². The van der Waals surface area contributed by atoms with Gasteiger partial charge in [-0.25, -0.2) is 0 Å². The summed E-state index contributed by atoms with van der Waals surface area (Å²) >= 11 is 0. The normalized spacial score (nSPS) is 18.0. The Morgan fingerprint density at radius 3 is 2.73 bits per heavy atom. The number of phenolic OH excluding ortho intramolecular Hbond substituents is 1. The fourth-order valence-electron chi connectivity index (χ4n) is 3.98. The van der Waals surface area contributed by atoms with Crippen LogP contribution in [-0.2, 0) is 6.18 Å². The first-order chi connectivity index (χ1) is 14.2. The van der Waals surface area contributed by atoms with Crippen molar-refractivity contribution >= 4 is 16.7 Å². The van der Waals surface area contributed by atoms with Crippen molar-refractivity contribution in [3.05, 3.63) is 41.6 Å². The Balaban J connectivity index is 1.79. The van der Waals surface area contributed by atoms with Crippen molar-refractivity contribution in [1.29, 1.82) is 0 Å². The third-order valence-corrected chi connectivity index (χ3v) is 5.38. The number of aromatic hydroxyl groups is 1. The first-order valence-electron chi connectivity index (χ1n) is 9.71. The van der Waals surface area contributed by atoms with Crippen LogP contribution in [0.1, 0.15) is 24.0 Å². The summed E-state index contributed by atoms with van der Waals surface area (Å²) in [5.74, 6) is 0.0735. The molecule has 158 valence electrons. The van der Waals surface area contributed by atoms with Crippen LogP contribution in [0.25, 0.3) is 22.2 Å². The molecule has 3 aromatic rings. The van der Waals surface area contributed by atoms with Crippen molar-refractivity contribution in [1.82, 2.24) is 20.1 Å². The Morgan fingerprint density at radius 2 is 2.03 bits per heavy atom. The molecule has 1 atom stereocenters. The molecule has 1 saturated heterocycles. The van der Waals surface area contributed by atoms with Crippen LogP contribution in [0.3, 0.4) is 0 Å². The maximum Gasteiger partial charge on any atom is 0.416 e. The van der Waals surface area contributed by atoms with Gasteiger partial charge < -0.3 is 15.3 Å². The van der Waals surface area contributed by atoms with Gasteiger partial charge in [0.05, 0.1) is 5.56 Å². The van der Waals surface area contributed by atoms with E-state index in [-0.39, 0.29) is 22.9 Å². The third kappa shape index (κ3) is 3.89. The monoisotopic (exact) mass is 417 g/mol. The van der Waals surface area contributed by atoms with Crippen LogP contribution in [0, 0.1) is 6.92 Å². The maximum absolute atomic E-state index is 13.1. The molecule has 2 aromatic heterocycles. The van der Waals surface area contributed by atoms with Gasteiger partial charge in [0, 0.05) is 29.7 Å². The van der Waals surface area contributed by atoms with Crippen LogP contribution in [0.15, 0.2) is 30.5 Å². The van der Waals surface area contributed by atoms with E-state index >= 15 is 0 Å². The van der Waals surface area contributed by atoms with E-state index in [2.05, 4.69) is 32.4 Å².